The van der Waals surface area contributed by atoms with E-state index in [4.69, 9.17) is 4.74 Å². The van der Waals surface area contributed by atoms with E-state index in [1.54, 1.807) is 12.1 Å². The van der Waals surface area contributed by atoms with E-state index in [0.29, 0.717) is 11.7 Å². The van der Waals surface area contributed by atoms with Crippen molar-refractivity contribution in [1.82, 2.24) is 5.32 Å². The van der Waals surface area contributed by atoms with Crippen LogP contribution in [-0.4, -0.2) is 30.2 Å². The third-order valence-corrected chi connectivity index (χ3v) is 10.5. The van der Waals surface area contributed by atoms with Crippen molar-refractivity contribution < 1.29 is 31.3 Å². The number of ether oxygens (including phenoxy) is 1. The maximum atomic E-state index is 13.5. The smallest absolute Gasteiger partial charge is 0.332 e. The Balaban J connectivity index is 0.00000380. The molecule has 0 unspecified atom stereocenters. The highest BCUT2D eigenvalue weighted by Crippen LogP contribution is 2.55. The molecule has 0 saturated carbocycles. The van der Waals surface area contributed by atoms with Crippen molar-refractivity contribution in [3.63, 3.8) is 0 Å². The molecule has 0 spiro atoms. The molecule has 190 valence electrons. The number of amides is 1. The van der Waals surface area contributed by atoms with Gasteiger partial charge in [-0.15, -0.1) is 0 Å². The van der Waals surface area contributed by atoms with Gasteiger partial charge in [0.25, 0.3) is 5.91 Å². The minimum absolute atomic E-state index is 0. The molecular weight excluding hydrogens is 545 g/mol. The predicted octanol–water partition coefficient (Wildman–Crippen LogP) is 1.73. The Kier molecular flexibility index (Phi) is 10.2. The van der Waals surface area contributed by atoms with Crippen LogP contribution in [0.25, 0.3) is 0 Å². The van der Waals surface area contributed by atoms with Crippen LogP contribution in [0.4, 0.5) is 0 Å². The van der Waals surface area contributed by atoms with E-state index in [1.165, 1.54) is 0 Å². The van der Waals surface area contributed by atoms with Crippen LogP contribution in [0.1, 0.15) is 24.2 Å². The fraction of sp³-hybridized carbons (Fsp3) is 0.161. The standard InChI is InChI=1S/C31H30NO3P.BrH/c1-24(2)35-31(34)29(32-30(33)25-15-7-3-8-16-25)23-36(26-17-9-4-10-18-26,27-19-11-5-12-20-27)28-21-13-6-14-22-28;/h3-22,24,29H,23H2,1-2H3;1H/t29-;/m1./s1. The van der Waals surface area contributed by atoms with Gasteiger partial charge in [-0.25, -0.2) is 4.79 Å². The molecular formula is C31H31BrNO3P. The summed E-state index contributed by atoms with van der Waals surface area (Å²) < 4.78 is 5.67. The molecule has 0 fully saturated rings. The summed E-state index contributed by atoms with van der Waals surface area (Å²) in [5.74, 6) is -0.727. The Bertz CT molecular complexity index is 1170. The number of carbonyl (C=O) groups is 2. The molecule has 4 aromatic rings. The summed E-state index contributed by atoms with van der Waals surface area (Å²) in [7, 11) is -2.37. The minimum Gasteiger partial charge on any atom is -1.00 e. The first-order valence-electron chi connectivity index (χ1n) is 12.1. The van der Waals surface area contributed by atoms with E-state index in [9.17, 15) is 9.59 Å². The van der Waals surface area contributed by atoms with Crippen LogP contribution in [0.15, 0.2) is 121 Å². The molecule has 37 heavy (non-hydrogen) atoms. The Morgan fingerprint density at radius 1 is 0.676 bits per heavy atom. The lowest BCUT2D eigenvalue weighted by Gasteiger charge is -2.31. The van der Waals surface area contributed by atoms with Crippen LogP contribution in [0.5, 0.6) is 0 Å². The maximum absolute atomic E-state index is 13.5. The largest absolute Gasteiger partial charge is 1.00 e. The topological polar surface area (TPSA) is 55.4 Å². The number of nitrogens with one attached hydrogen (secondary N) is 1. The SMILES string of the molecule is CC(C)OC(=O)[C@@H](C[P+](c1ccccc1)(c1ccccc1)c1ccccc1)NC(=O)c1ccccc1.[Br-]. The van der Waals surface area contributed by atoms with Gasteiger partial charge in [0.05, 0.1) is 6.10 Å². The monoisotopic (exact) mass is 575 g/mol. The number of hydrogen-bond donors (Lipinski definition) is 1. The Morgan fingerprint density at radius 2 is 1.05 bits per heavy atom. The van der Waals surface area contributed by atoms with E-state index >= 15 is 0 Å². The summed E-state index contributed by atoms with van der Waals surface area (Å²) in [5.41, 5.74) is 0.503. The molecule has 4 aromatic carbocycles. The molecule has 4 rings (SSSR count). The fourth-order valence-corrected chi connectivity index (χ4v) is 8.77. The van der Waals surface area contributed by atoms with Crippen molar-refractivity contribution in [1.29, 1.82) is 0 Å². The van der Waals surface area contributed by atoms with Gasteiger partial charge in [-0.05, 0) is 62.4 Å². The lowest BCUT2D eigenvalue weighted by Crippen LogP contribution is -3.00. The third-order valence-electron chi connectivity index (χ3n) is 6.03. The average molecular weight is 576 g/mol. The average Bonchev–Trinajstić information content (AvgIpc) is 2.92. The normalized spacial score (nSPS) is 11.8. The van der Waals surface area contributed by atoms with E-state index in [2.05, 4.69) is 41.7 Å². The van der Waals surface area contributed by atoms with Gasteiger partial charge >= 0.3 is 5.97 Å². The van der Waals surface area contributed by atoms with Crippen molar-refractivity contribution in [3.05, 3.63) is 127 Å². The highest BCUT2D eigenvalue weighted by molar-refractivity contribution is 7.95. The van der Waals surface area contributed by atoms with Crippen LogP contribution in [0.3, 0.4) is 0 Å². The molecule has 0 radical (unpaired) electrons. The van der Waals surface area contributed by atoms with Gasteiger partial charge in [-0.3, -0.25) is 4.79 Å². The number of carbonyl (C=O) groups excluding carboxylic acids is 2. The molecule has 0 aliphatic rings. The van der Waals surface area contributed by atoms with Crippen LogP contribution in [0, 0.1) is 0 Å². The van der Waals surface area contributed by atoms with E-state index < -0.39 is 19.3 Å². The lowest BCUT2D eigenvalue weighted by atomic mass is 10.2. The first kappa shape index (κ1) is 28.3. The molecule has 1 atom stereocenters. The van der Waals surface area contributed by atoms with Crippen molar-refractivity contribution in [2.75, 3.05) is 6.16 Å². The van der Waals surface area contributed by atoms with Gasteiger partial charge in [0.2, 0.25) is 0 Å². The molecule has 0 heterocycles. The zero-order valence-corrected chi connectivity index (χ0v) is 23.4. The Morgan fingerprint density at radius 3 is 1.43 bits per heavy atom. The highest BCUT2D eigenvalue weighted by atomic mass is 79.9. The van der Waals surface area contributed by atoms with Gasteiger partial charge in [-0.1, -0.05) is 72.8 Å². The molecule has 0 bridgehead atoms. The first-order chi connectivity index (χ1) is 17.5. The summed E-state index contributed by atoms with van der Waals surface area (Å²) in [5, 5.41) is 6.43. The minimum atomic E-state index is -2.37. The molecule has 1 amide bonds. The van der Waals surface area contributed by atoms with Crippen LogP contribution in [0.2, 0.25) is 0 Å². The van der Waals surface area contributed by atoms with E-state index in [-0.39, 0.29) is 29.0 Å². The second-order valence-corrected chi connectivity index (χ2v) is 12.4. The second-order valence-electron chi connectivity index (χ2n) is 8.88. The molecule has 1 N–H and O–H groups in total. The molecule has 0 aliphatic heterocycles. The lowest BCUT2D eigenvalue weighted by molar-refractivity contribution is -0.149. The number of benzene rings is 4. The Labute approximate surface area is 230 Å². The van der Waals surface area contributed by atoms with Crippen molar-refractivity contribution in [3.8, 4) is 0 Å². The summed E-state index contributed by atoms with van der Waals surface area (Å²) >= 11 is 0. The summed E-state index contributed by atoms with van der Waals surface area (Å²) in [6.45, 7) is 3.64. The van der Waals surface area contributed by atoms with Gasteiger partial charge in [0, 0.05) is 5.56 Å². The Hall–Kier alpha value is -3.27. The number of hydrogen-bond acceptors (Lipinski definition) is 3. The summed E-state index contributed by atoms with van der Waals surface area (Å²) in [4.78, 5) is 26.7. The maximum Gasteiger partial charge on any atom is 0.332 e. The van der Waals surface area contributed by atoms with Gasteiger partial charge in [0.15, 0.2) is 6.04 Å². The van der Waals surface area contributed by atoms with Crippen LogP contribution in [-0.2, 0) is 9.53 Å². The predicted molar refractivity (Wildman–Crippen MR) is 149 cm³/mol. The summed E-state index contributed by atoms with van der Waals surface area (Å²) in [6.07, 6.45) is 0.0985. The summed E-state index contributed by atoms with van der Waals surface area (Å²) in [6, 6.07) is 39.0. The van der Waals surface area contributed by atoms with E-state index in [0.717, 1.165) is 15.9 Å². The van der Waals surface area contributed by atoms with E-state index in [1.807, 2.05) is 86.6 Å². The molecule has 0 saturated heterocycles. The van der Waals surface area contributed by atoms with Crippen LogP contribution >= 0.6 is 7.26 Å². The van der Waals surface area contributed by atoms with Gasteiger partial charge in [0.1, 0.15) is 29.3 Å². The molecule has 4 nitrogen and oxygen atoms in total. The fourth-order valence-electron chi connectivity index (χ4n) is 4.41. The number of rotatable bonds is 9. The molecule has 0 aromatic heterocycles. The van der Waals surface area contributed by atoms with Crippen LogP contribution < -0.4 is 38.2 Å². The zero-order valence-electron chi connectivity index (χ0n) is 21.0. The first-order valence-corrected chi connectivity index (χ1v) is 14.1. The van der Waals surface area contributed by atoms with Crippen molar-refractivity contribution in [2.45, 2.75) is 26.0 Å². The third kappa shape index (κ3) is 6.74. The van der Waals surface area contributed by atoms with Crippen molar-refractivity contribution >= 4 is 35.1 Å². The zero-order chi connectivity index (χ0) is 25.4. The molecule has 0 aliphatic carbocycles. The molecule has 6 heteroatoms. The van der Waals surface area contributed by atoms with Gasteiger partial charge in [-0.2, -0.15) is 0 Å². The highest BCUT2D eigenvalue weighted by Gasteiger charge is 2.49. The van der Waals surface area contributed by atoms with Gasteiger partial charge < -0.3 is 27.0 Å². The number of halogens is 1. The second kappa shape index (κ2) is 13.3. The number of esters is 1. The quantitative estimate of drug-likeness (QED) is 0.244. The van der Waals surface area contributed by atoms with Crippen molar-refractivity contribution in [2.24, 2.45) is 0 Å².